The Balaban J connectivity index is 1.16. The Morgan fingerprint density at radius 3 is 2.74 bits per heavy atom. The van der Waals surface area contributed by atoms with Gasteiger partial charge in [-0.3, -0.25) is 9.55 Å². The van der Waals surface area contributed by atoms with Crippen LogP contribution in [0.4, 0.5) is 23.4 Å². The van der Waals surface area contributed by atoms with Gasteiger partial charge in [0.05, 0.1) is 12.1 Å². The number of halogens is 4. The molecule has 5 heterocycles. The number of ether oxygens (including phenoxy) is 2. The first-order valence-electron chi connectivity index (χ1n) is 11.2. The van der Waals surface area contributed by atoms with Gasteiger partial charge in [-0.1, -0.05) is 6.07 Å². The third kappa shape index (κ3) is 3.78. The lowest BCUT2D eigenvalue weighted by atomic mass is 9.63. The number of hydrogen-bond acceptors (Lipinski definition) is 6. The molecule has 2 bridgehead atoms. The van der Waals surface area contributed by atoms with Gasteiger partial charge >= 0.3 is 11.9 Å². The maximum absolute atomic E-state index is 14.6. The van der Waals surface area contributed by atoms with E-state index in [1.807, 2.05) is 0 Å². The fourth-order valence-electron chi connectivity index (χ4n) is 5.40. The number of aromatic nitrogens is 3. The molecule has 7 nitrogen and oxygen atoms in total. The van der Waals surface area contributed by atoms with Crippen molar-refractivity contribution in [1.82, 2.24) is 14.5 Å². The molecule has 0 atom stereocenters. The molecule has 11 heteroatoms. The normalized spacial score (nSPS) is 22.3. The second-order valence-electron chi connectivity index (χ2n) is 9.29. The van der Waals surface area contributed by atoms with Crippen LogP contribution in [0.5, 0.6) is 17.4 Å². The van der Waals surface area contributed by atoms with Crippen molar-refractivity contribution in [2.75, 3.05) is 11.4 Å². The van der Waals surface area contributed by atoms with Crippen molar-refractivity contribution < 1.29 is 27.0 Å². The maximum atomic E-state index is 14.6. The number of fused-ring (bicyclic) bond motifs is 2. The maximum Gasteiger partial charge on any atom is 0.433 e. The van der Waals surface area contributed by atoms with Crippen molar-refractivity contribution >= 4 is 5.82 Å². The Bertz CT molecular complexity index is 1370. The third-order valence-corrected chi connectivity index (χ3v) is 7.00. The molecule has 0 amide bonds. The highest BCUT2D eigenvalue weighted by Gasteiger charge is 2.56. The van der Waals surface area contributed by atoms with Crippen molar-refractivity contribution in [2.24, 2.45) is 5.92 Å². The van der Waals surface area contributed by atoms with E-state index in [0.717, 1.165) is 49.8 Å². The van der Waals surface area contributed by atoms with Gasteiger partial charge in [0, 0.05) is 24.9 Å². The minimum Gasteiger partial charge on any atom is -0.473 e. The Morgan fingerprint density at radius 1 is 1.14 bits per heavy atom. The first-order chi connectivity index (χ1) is 16.7. The summed E-state index contributed by atoms with van der Waals surface area (Å²) >= 11 is 0. The van der Waals surface area contributed by atoms with Crippen LogP contribution in [0.3, 0.4) is 0 Å². The highest BCUT2D eigenvalue weighted by Crippen LogP contribution is 2.54. The zero-order valence-electron chi connectivity index (χ0n) is 18.4. The van der Waals surface area contributed by atoms with Crippen LogP contribution in [0.2, 0.25) is 0 Å². The molecule has 0 N–H and O–H groups in total. The third-order valence-electron chi connectivity index (χ3n) is 7.00. The zero-order valence-corrected chi connectivity index (χ0v) is 18.4. The Labute approximate surface area is 196 Å². The number of hydrogen-bond donors (Lipinski definition) is 0. The molecule has 3 fully saturated rings. The van der Waals surface area contributed by atoms with Crippen molar-refractivity contribution in [2.45, 2.75) is 44.1 Å². The van der Waals surface area contributed by atoms with Crippen LogP contribution in [-0.4, -0.2) is 26.6 Å². The molecule has 0 radical (unpaired) electrons. The van der Waals surface area contributed by atoms with Crippen LogP contribution in [0.15, 0.2) is 47.4 Å². The van der Waals surface area contributed by atoms with Crippen molar-refractivity contribution in [3.05, 3.63) is 70.2 Å². The summed E-state index contributed by atoms with van der Waals surface area (Å²) in [6.45, 7) is 1.51. The second-order valence-corrected chi connectivity index (χ2v) is 9.29. The molecular formula is C24H20F4N4O3. The van der Waals surface area contributed by atoms with Crippen molar-refractivity contribution in [3.8, 4) is 17.4 Å². The summed E-state index contributed by atoms with van der Waals surface area (Å²) in [5.41, 5.74) is -1.02. The number of anilines is 1. The minimum absolute atomic E-state index is 0.0318. The molecule has 1 aliphatic carbocycles. The molecule has 0 unspecified atom stereocenters. The first-order valence-corrected chi connectivity index (χ1v) is 11.2. The van der Waals surface area contributed by atoms with E-state index in [0.29, 0.717) is 18.2 Å². The Morgan fingerprint density at radius 2 is 1.97 bits per heavy atom. The lowest BCUT2D eigenvalue weighted by Gasteiger charge is -2.56. The van der Waals surface area contributed by atoms with E-state index in [-0.39, 0.29) is 35.2 Å². The number of alkyl halides is 3. The van der Waals surface area contributed by atoms with Crippen LogP contribution < -0.4 is 20.1 Å². The molecule has 4 aliphatic rings. The molecular weight excluding hydrogens is 468 g/mol. The van der Waals surface area contributed by atoms with Gasteiger partial charge in [-0.25, -0.2) is 9.18 Å². The van der Waals surface area contributed by atoms with Gasteiger partial charge < -0.3 is 14.4 Å². The van der Waals surface area contributed by atoms with E-state index in [2.05, 4.69) is 14.9 Å². The molecule has 7 rings (SSSR count). The van der Waals surface area contributed by atoms with Gasteiger partial charge in [0.1, 0.15) is 23.9 Å². The monoisotopic (exact) mass is 488 g/mol. The van der Waals surface area contributed by atoms with Crippen molar-refractivity contribution in [3.63, 3.8) is 0 Å². The minimum atomic E-state index is -4.64. The second kappa shape index (κ2) is 7.69. The smallest absolute Gasteiger partial charge is 0.433 e. The van der Waals surface area contributed by atoms with Crippen LogP contribution >= 0.6 is 0 Å². The summed E-state index contributed by atoms with van der Waals surface area (Å²) in [5.74, 6) is 0.517. The topological polar surface area (TPSA) is 69.5 Å². The summed E-state index contributed by atoms with van der Waals surface area (Å²) in [6.07, 6.45) is -0.398. The SMILES string of the molecule is O=c1nc(OCc2ccc(Oc3ccnc(C(F)(F)F)c3)c(F)c2)cc2n1CC13CC(CCN21)C3. The van der Waals surface area contributed by atoms with Crippen LogP contribution in [0, 0.1) is 11.7 Å². The Kier molecular flexibility index (Phi) is 4.81. The van der Waals surface area contributed by atoms with Crippen LogP contribution in [0.25, 0.3) is 0 Å². The first kappa shape index (κ1) is 21.9. The molecule has 2 saturated heterocycles. The summed E-state index contributed by atoms with van der Waals surface area (Å²) < 4.78 is 65.7. The van der Waals surface area contributed by atoms with E-state index in [1.165, 1.54) is 18.2 Å². The quantitative estimate of drug-likeness (QED) is 0.492. The predicted octanol–water partition coefficient (Wildman–Crippen LogP) is 4.54. The number of piperidine rings is 2. The van der Waals surface area contributed by atoms with Gasteiger partial charge in [0.2, 0.25) is 5.88 Å². The zero-order chi connectivity index (χ0) is 24.4. The summed E-state index contributed by atoms with van der Waals surface area (Å²) in [7, 11) is 0. The van der Waals surface area contributed by atoms with E-state index in [9.17, 15) is 22.4 Å². The molecule has 1 aromatic carbocycles. The average Bonchev–Trinajstić information content (AvgIpc) is 3.17. The van der Waals surface area contributed by atoms with Gasteiger partial charge in [0.15, 0.2) is 11.6 Å². The average molecular weight is 488 g/mol. The van der Waals surface area contributed by atoms with Gasteiger partial charge in [-0.05, 0) is 48.9 Å². The number of benzene rings is 1. The highest BCUT2D eigenvalue weighted by molar-refractivity contribution is 5.52. The summed E-state index contributed by atoms with van der Waals surface area (Å²) in [4.78, 5) is 22.2. The van der Waals surface area contributed by atoms with E-state index in [1.54, 1.807) is 10.6 Å². The van der Waals surface area contributed by atoms with Gasteiger partial charge in [0.25, 0.3) is 0 Å². The fourth-order valence-corrected chi connectivity index (χ4v) is 5.40. The molecule has 1 spiro atoms. The van der Waals surface area contributed by atoms with E-state index >= 15 is 0 Å². The van der Waals surface area contributed by atoms with Gasteiger partial charge in [-0.2, -0.15) is 18.2 Å². The van der Waals surface area contributed by atoms with E-state index < -0.39 is 17.7 Å². The highest BCUT2D eigenvalue weighted by atomic mass is 19.4. The molecule has 182 valence electrons. The summed E-state index contributed by atoms with van der Waals surface area (Å²) in [5, 5.41) is 0. The standard InChI is InChI=1S/C24H20F4N4O3/c25-17-7-14(1-2-18(17)35-16-3-5-29-19(8-16)24(26,27)28)12-34-20-9-21-31(22(33)30-20)13-23-10-15(11-23)4-6-32(21)23/h1-3,5,7-9,15H,4,6,10-13H2. The van der Waals surface area contributed by atoms with E-state index in [4.69, 9.17) is 9.47 Å². The Hall–Kier alpha value is -3.63. The largest absolute Gasteiger partial charge is 0.473 e. The fraction of sp³-hybridized carbons (Fsp3) is 0.375. The lowest BCUT2D eigenvalue weighted by molar-refractivity contribution is -0.141. The lowest BCUT2D eigenvalue weighted by Crippen LogP contribution is -2.61. The van der Waals surface area contributed by atoms with Crippen LogP contribution in [-0.2, 0) is 19.3 Å². The van der Waals surface area contributed by atoms with Crippen LogP contribution in [0.1, 0.15) is 30.5 Å². The molecule has 3 aliphatic heterocycles. The molecule has 35 heavy (non-hydrogen) atoms. The number of pyridine rings is 1. The van der Waals surface area contributed by atoms with Gasteiger partial charge in [-0.15, -0.1) is 0 Å². The molecule has 2 aromatic heterocycles. The van der Waals surface area contributed by atoms with Crippen molar-refractivity contribution in [1.29, 1.82) is 0 Å². The predicted molar refractivity (Wildman–Crippen MR) is 116 cm³/mol. The number of rotatable bonds is 5. The molecule has 1 saturated carbocycles. The molecule has 3 aromatic rings. The summed E-state index contributed by atoms with van der Waals surface area (Å²) in [6, 6.07) is 7.65. The number of nitrogens with zero attached hydrogens (tertiary/aromatic N) is 4.